The maximum atomic E-state index is 5.83. The Kier molecular flexibility index (Phi) is 8.70. The average Bonchev–Trinajstić information content (AvgIpc) is 2.39. The van der Waals surface area contributed by atoms with Crippen LogP contribution in [0, 0.1) is 12.3 Å². The van der Waals surface area contributed by atoms with Gasteiger partial charge < -0.3 is 9.47 Å². The lowest BCUT2D eigenvalue weighted by Gasteiger charge is -2.33. The summed E-state index contributed by atoms with van der Waals surface area (Å²) in [4.78, 5) is 0. The van der Waals surface area contributed by atoms with Gasteiger partial charge in [-0.2, -0.15) is 0 Å². The van der Waals surface area contributed by atoms with Gasteiger partial charge in [0.1, 0.15) is 0 Å². The van der Waals surface area contributed by atoms with Crippen LogP contribution in [0.3, 0.4) is 0 Å². The summed E-state index contributed by atoms with van der Waals surface area (Å²) in [5, 5.41) is 0. The minimum atomic E-state index is 0.285. The van der Waals surface area contributed by atoms with Crippen molar-refractivity contribution in [1.82, 2.24) is 0 Å². The van der Waals surface area contributed by atoms with Gasteiger partial charge in [-0.1, -0.05) is 58.8 Å². The number of ether oxygens (including phenoxy) is 2. The van der Waals surface area contributed by atoms with E-state index in [0.29, 0.717) is 12.0 Å². The van der Waals surface area contributed by atoms with Crippen LogP contribution in [0.4, 0.5) is 0 Å². The Balaban J connectivity index is 1.99. The number of hydrogen-bond donors (Lipinski definition) is 0. The third kappa shape index (κ3) is 6.19. The third-order valence-corrected chi connectivity index (χ3v) is 3.90. The first-order valence-corrected chi connectivity index (χ1v) is 7.77. The largest absolute Gasteiger partial charge is 0.381 e. The smallest absolute Gasteiger partial charge is 0.0676 e. The van der Waals surface area contributed by atoms with Gasteiger partial charge in [-0.05, 0) is 6.42 Å². The predicted octanol–water partition coefficient (Wildman–Crippen LogP) is 4.38. The molecule has 0 spiro atoms. The van der Waals surface area contributed by atoms with Crippen molar-refractivity contribution in [3.63, 3.8) is 0 Å². The van der Waals surface area contributed by atoms with Crippen LogP contribution < -0.4 is 0 Å². The fourth-order valence-electron chi connectivity index (χ4n) is 2.62. The van der Waals surface area contributed by atoms with E-state index in [2.05, 4.69) is 20.3 Å². The Morgan fingerprint density at radius 1 is 1.11 bits per heavy atom. The van der Waals surface area contributed by atoms with E-state index in [-0.39, 0.29) is 6.10 Å². The monoisotopic (exact) mass is 255 g/mol. The Labute approximate surface area is 113 Å². The fourth-order valence-corrected chi connectivity index (χ4v) is 2.62. The summed E-state index contributed by atoms with van der Waals surface area (Å²) in [7, 11) is 1.80. The molecular weight excluding hydrogens is 224 g/mol. The first-order chi connectivity index (χ1) is 8.77. The molecule has 0 aromatic rings. The number of methoxy groups -OCH3 is 1. The molecule has 3 atom stereocenters. The van der Waals surface area contributed by atoms with Crippen LogP contribution in [0.2, 0.25) is 0 Å². The van der Waals surface area contributed by atoms with Gasteiger partial charge in [0.25, 0.3) is 0 Å². The SMILES string of the molecule is CCCCCCCCC[C@@H]1[CH][C@H](OC)[C@@H](C)CO1. The van der Waals surface area contributed by atoms with Crippen molar-refractivity contribution in [2.75, 3.05) is 13.7 Å². The molecule has 2 heteroatoms. The van der Waals surface area contributed by atoms with Crippen molar-refractivity contribution in [1.29, 1.82) is 0 Å². The lowest BCUT2D eigenvalue weighted by Crippen LogP contribution is -2.37. The topological polar surface area (TPSA) is 18.5 Å². The summed E-state index contributed by atoms with van der Waals surface area (Å²) in [6, 6.07) is 0. The predicted molar refractivity (Wildman–Crippen MR) is 76.6 cm³/mol. The molecule has 0 bridgehead atoms. The first-order valence-electron chi connectivity index (χ1n) is 7.77. The van der Waals surface area contributed by atoms with Gasteiger partial charge in [0.15, 0.2) is 0 Å². The molecular formula is C16H31O2. The Bertz CT molecular complexity index is 194. The lowest BCUT2D eigenvalue weighted by molar-refractivity contribution is -0.0554. The molecule has 1 radical (unpaired) electrons. The summed E-state index contributed by atoms with van der Waals surface area (Å²) in [5.41, 5.74) is 0. The van der Waals surface area contributed by atoms with Crippen LogP contribution in [0.25, 0.3) is 0 Å². The van der Waals surface area contributed by atoms with Crippen LogP contribution in [0.5, 0.6) is 0 Å². The second-order valence-corrected chi connectivity index (χ2v) is 5.65. The highest BCUT2D eigenvalue weighted by molar-refractivity contribution is 4.92. The van der Waals surface area contributed by atoms with E-state index < -0.39 is 0 Å². The normalized spacial score (nSPS) is 28.5. The minimum absolute atomic E-state index is 0.285. The van der Waals surface area contributed by atoms with Gasteiger partial charge in [-0.3, -0.25) is 0 Å². The second kappa shape index (κ2) is 9.80. The molecule has 0 aromatic heterocycles. The fraction of sp³-hybridized carbons (Fsp3) is 0.938. The highest BCUT2D eigenvalue weighted by Gasteiger charge is 2.28. The zero-order valence-electron chi connectivity index (χ0n) is 12.5. The van der Waals surface area contributed by atoms with Gasteiger partial charge in [-0.15, -0.1) is 0 Å². The molecule has 107 valence electrons. The molecule has 0 unspecified atom stereocenters. The maximum absolute atomic E-state index is 5.83. The van der Waals surface area contributed by atoms with Gasteiger partial charge >= 0.3 is 0 Å². The molecule has 1 fully saturated rings. The van der Waals surface area contributed by atoms with Crippen molar-refractivity contribution in [2.45, 2.75) is 77.4 Å². The van der Waals surface area contributed by atoms with Crippen molar-refractivity contribution in [3.05, 3.63) is 6.42 Å². The Hall–Kier alpha value is -0.0800. The van der Waals surface area contributed by atoms with E-state index in [4.69, 9.17) is 9.47 Å². The van der Waals surface area contributed by atoms with E-state index >= 15 is 0 Å². The summed E-state index contributed by atoms with van der Waals surface area (Å²) >= 11 is 0. The number of rotatable bonds is 9. The highest BCUT2D eigenvalue weighted by Crippen LogP contribution is 2.24. The zero-order valence-corrected chi connectivity index (χ0v) is 12.5. The van der Waals surface area contributed by atoms with Gasteiger partial charge in [0, 0.05) is 19.4 Å². The molecule has 0 aliphatic carbocycles. The molecule has 1 rings (SSSR count). The van der Waals surface area contributed by atoms with Crippen molar-refractivity contribution in [2.24, 2.45) is 5.92 Å². The standard InChI is InChI=1S/C16H31O2/c1-4-5-6-7-8-9-10-11-15-12-16(17-3)14(2)13-18-15/h12,14-16H,4-11,13H2,1-3H3/t14-,15+,16-/m0/s1. The summed E-state index contributed by atoms with van der Waals surface area (Å²) < 4.78 is 11.3. The van der Waals surface area contributed by atoms with Crippen LogP contribution in [0.1, 0.15) is 65.2 Å². The van der Waals surface area contributed by atoms with Crippen LogP contribution in [-0.2, 0) is 9.47 Å². The maximum Gasteiger partial charge on any atom is 0.0676 e. The molecule has 18 heavy (non-hydrogen) atoms. The quantitative estimate of drug-likeness (QED) is 0.569. The molecule has 0 amide bonds. The number of hydrogen-bond acceptors (Lipinski definition) is 2. The van der Waals surface area contributed by atoms with Crippen molar-refractivity contribution >= 4 is 0 Å². The van der Waals surface area contributed by atoms with Gasteiger partial charge in [0.05, 0.1) is 18.8 Å². The third-order valence-electron chi connectivity index (χ3n) is 3.90. The molecule has 2 nitrogen and oxygen atoms in total. The van der Waals surface area contributed by atoms with E-state index in [1.165, 1.54) is 51.4 Å². The highest BCUT2D eigenvalue weighted by atomic mass is 16.5. The van der Waals surface area contributed by atoms with Gasteiger partial charge in [-0.25, -0.2) is 0 Å². The first kappa shape index (κ1) is 16.0. The lowest BCUT2D eigenvalue weighted by atomic mass is 9.94. The number of unbranched alkanes of at least 4 members (excludes halogenated alkanes) is 6. The van der Waals surface area contributed by atoms with Crippen molar-refractivity contribution < 1.29 is 9.47 Å². The average molecular weight is 255 g/mol. The van der Waals surface area contributed by atoms with Crippen LogP contribution in [-0.4, -0.2) is 25.9 Å². The zero-order chi connectivity index (χ0) is 13.2. The van der Waals surface area contributed by atoms with Gasteiger partial charge in [0.2, 0.25) is 0 Å². The molecule has 0 saturated carbocycles. The Morgan fingerprint density at radius 3 is 2.44 bits per heavy atom. The second-order valence-electron chi connectivity index (χ2n) is 5.65. The Morgan fingerprint density at radius 2 is 1.78 bits per heavy atom. The molecule has 0 aromatic carbocycles. The summed E-state index contributed by atoms with van der Waals surface area (Å²) in [5.74, 6) is 0.500. The van der Waals surface area contributed by atoms with E-state index in [9.17, 15) is 0 Å². The van der Waals surface area contributed by atoms with E-state index in [0.717, 1.165) is 6.61 Å². The summed E-state index contributed by atoms with van der Waals surface area (Å²) in [6.07, 6.45) is 13.6. The van der Waals surface area contributed by atoms with Crippen molar-refractivity contribution in [3.8, 4) is 0 Å². The minimum Gasteiger partial charge on any atom is -0.381 e. The van der Waals surface area contributed by atoms with E-state index in [1.807, 2.05) is 0 Å². The molecule has 0 N–H and O–H groups in total. The molecule has 1 aliphatic heterocycles. The molecule has 1 heterocycles. The molecule has 1 saturated heterocycles. The van der Waals surface area contributed by atoms with E-state index in [1.54, 1.807) is 7.11 Å². The van der Waals surface area contributed by atoms with Crippen LogP contribution in [0.15, 0.2) is 0 Å². The van der Waals surface area contributed by atoms with Crippen LogP contribution >= 0.6 is 0 Å². The summed E-state index contributed by atoms with van der Waals surface area (Å²) in [6.45, 7) is 5.30. The molecule has 1 aliphatic rings.